The number of rotatable bonds is 4. The Morgan fingerprint density at radius 3 is 2.63 bits per heavy atom. The summed E-state index contributed by atoms with van der Waals surface area (Å²) < 4.78 is 5.41. The van der Waals surface area contributed by atoms with E-state index in [0.717, 1.165) is 37.4 Å². The van der Waals surface area contributed by atoms with Crippen LogP contribution < -0.4 is 5.32 Å². The van der Waals surface area contributed by atoms with Gasteiger partial charge >= 0.3 is 0 Å². The summed E-state index contributed by atoms with van der Waals surface area (Å²) in [6.07, 6.45) is 1.79. The average molecular weight is 284 g/mol. The summed E-state index contributed by atoms with van der Waals surface area (Å²) >= 11 is 6.16. The Balaban J connectivity index is 2.21. The van der Waals surface area contributed by atoms with Crippen LogP contribution in [0.1, 0.15) is 44.0 Å². The second kappa shape index (κ2) is 6.06. The molecule has 1 aliphatic rings. The first-order valence-corrected chi connectivity index (χ1v) is 7.35. The van der Waals surface area contributed by atoms with Crippen LogP contribution in [-0.2, 0) is 4.74 Å². The van der Waals surface area contributed by atoms with Gasteiger partial charge in [0.25, 0.3) is 0 Å². The van der Waals surface area contributed by atoms with Crippen molar-refractivity contribution in [3.63, 3.8) is 0 Å². The number of hydrogen-bond donors (Lipinski definition) is 1. The average Bonchev–Trinajstić information content (AvgIpc) is 2.39. The van der Waals surface area contributed by atoms with Crippen LogP contribution in [0.3, 0.4) is 0 Å². The summed E-state index contributed by atoms with van der Waals surface area (Å²) in [4.78, 5) is 9.08. The smallest absolute Gasteiger partial charge is 0.223 e. The maximum atomic E-state index is 6.16. The lowest BCUT2D eigenvalue weighted by Gasteiger charge is -2.36. The van der Waals surface area contributed by atoms with Gasteiger partial charge in [0.2, 0.25) is 5.95 Å². The molecule has 5 heteroatoms. The second-order valence-electron chi connectivity index (χ2n) is 5.56. The van der Waals surface area contributed by atoms with E-state index in [4.69, 9.17) is 16.3 Å². The third-order valence-electron chi connectivity index (χ3n) is 3.55. The fraction of sp³-hybridized carbons (Fsp3) is 0.714. The van der Waals surface area contributed by atoms with Crippen LogP contribution in [-0.4, -0.2) is 34.6 Å². The van der Waals surface area contributed by atoms with E-state index in [1.807, 2.05) is 13.0 Å². The highest BCUT2D eigenvalue weighted by atomic mass is 35.5. The molecule has 0 saturated carbocycles. The number of anilines is 1. The lowest BCUT2D eigenvalue weighted by molar-refractivity contribution is 0.0665. The van der Waals surface area contributed by atoms with Crippen LogP contribution in [0.15, 0.2) is 6.07 Å². The van der Waals surface area contributed by atoms with Gasteiger partial charge < -0.3 is 10.1 Å². The van der Waals surface area contributed by atoms with E-state index in [-0.39, 0.29) is 5.54 Å². The van der Waals surface area contributed by atoms with Crippen molar-refractivity contribution in [1.29, 1.82) is 0 Å². The number of alkyl halides is 1. The summed E-state index contributed by atoms with van der Waals surface area (Å²) in [7, 11) is 0. The standard InChI is InChI=1S/C14H22ClN3O/c1-10(2)12-8-11(3)16-13(17-12)18-14(9-15)4-6-19-7-5-14/h8,10H,4-7,9H2,1-3H3,(H,16,17,18). The number of ether oxygens (including phenoxy) is 1. The van der Waals surface area contributed by atoms with Crippen LogP contribution in [0.2, 0.25) is 0 Å². The first-order chi connectivity index (χ1) is 9.04. The van der Waals surface area contributed by atoms with Gasteiger partial charge in [-0.2, -0.15) is 0 Å². The number of nitrogens with one attached hydrogen (secondary N) is 1. The van der Waals surface area contributed by atoms with E-state index < -0.39 is 0 Å². The molecule has 1 aromatic heterocycles. The van der Waals surface area contributed by atoms with Gasteiger partial charge in [0, 0.05) is 30.5 Å². The Morgan fingerprint density at radius 1 is 1.37 bits per heavy atom. The molecule has 0 bridgehead atoms. The maximum absolute atomic E-state index is 6.16. The topological polar surface area (TPSA) is 47.0 Å². The van der Waals surface area contributed by atoms with E-state index >= 15 is 0 Å². The van der Waals surface area contributed by atoms with Gasteiger partial charge in [-0.15, -0.1) is 11.6 Å². The quantitative estimate of drug-likeness (QED) is 0.863. The Bertz CT molecular complexity index is 431. The Labute approximate surface area is 119 Å². The Kier molecular flexibility index (Phi) is 4.63. The molecule has 0 aliphatic carbocycles. The molecule has 19 heavy (non-hydrogen) atoms. The molecule has 0 amide bonds. The molecule has 0 aromatic carbocycles. The fourth-order valence-corrected chi connectivity index (χ4v) is 2.57. The molecule has 0 unspecified atom stereocenters. The monoisotopic (exact) mass is 283 g/mol. The zero-order chi connectivity index (χ0) is 13.9. The number of nitrogens with zero attached hydrogens (tertiary/aromatic N) is 2. The summed E-state index contributed by atoms with van der Waals surface area (Å²) in [6, 6.07) is 2.03. The van der Waals surface area contributed by atoms with Crippen LogP contribution >= 0.6 is 11.6 Å². The first kappa shape index (κ1) is 14.5. The molecule has 106 valence electrons. The molecule has 4 nitrogen and oxygen atoms in total. The molecule has 0 radical (unpaired) electrons. The van der Waals surface area contributed by atoms with Crippen molar-refractivity contribution in [1.82, 2.24) is 9.97 Å². The molecule has 2 rings (SSSR count). The van der Waals surface area contributed by atoms with E-state index in [1.54, 1.807) is 0 Å². The van der Waals surface area contributed by atoms with E-state index in [2.05, 4.69) is 29.1 Å². The van der Waals surface area contributed by atoms with Crippen LogP contribution in [0.5, 0.6) is 0 Å². The summed E-state index contributed by atoms with van der Waals surface area (Å²) in [5.41, 5.74) is 1.91. The van der Waals surface area contributed by atoms with Crippen molar-refractivity contribution in [3.8, 4) is 0 Å². The van der Waals surface area contributed by atoms with Crippen molar-refractivity contribution in [2.24, 2.45) is 0 Å². The maximum Gasteiger partial charge on any atom is 0.223 e. The molecule has 2 heterocycles. The molecule has 1 aliphatic heterocycles. The van der Waals surface area contributed by atoms with Gasteiger partial charge in [0.15, 0.2) is 0 Å². The molecule has 0 spiro atoms. The van der Waals surface area contributed by atoms with E-state index in [1.165, 1.54) is 0 Å². The lowest BCUT2D eigenvalue weighted by Crippen LogP contribution is -2.46. The van der Waals surface area contributed by atoms with Crippen molar-refractivity contribution in [2.45, 2.75) is 45.1 Å². The summed E-state index contributed by atoms with van der Waals surface area (Å²) in [6.45, 7) is 7.75. The molecule has 1 N–H and O–H groups in total. The van der Waals surface area contributed by atoms with E-state index in [0.29, 0.717) is 17.7 Å². The highest BCUT2D eigenvalue weighted by molar-refractivity contribution is 6.18. The van der Waals surface area contributed by atoms with Crippen LogP contribution in [0.4, 0.5) is 5.95 Å². The Morgan fingerprint density at radius 2 is 2.05 bits per heavy atom. The van der Waals surface area contributed by atoms with Crippen LogP contribution in [0.25, 0.3) is 0 Å². The summed E-state index contributed by atoms with van der Waals surface area (Å²) in [5.74, 6) is 1.63. The number of halogens is 1. The summed E-state index contributed by atoms with van der Waals surface area (Å²) in [5, 5.41) is 3.45. The van der Waals surface area contributed by atoms with Gasteiger partial charge in [-0.25, -0.2) is 9.97 Å². The third-order valence-corrected chi connectivity index (χ3v) is 4.06. The molecule has 0 atom stereocenters. The van der Waals surface area contributed by atoms with Gasteiger partial charge in [-0.1, -0.05) is 13.8 Å². The lowest BCUT2D eigenvalue weighted by atomic mass is 9.92. The second-order valence-corrected chi connectivity index (χ2v) is 5.83. The molecule has 1 saturated heterocycles. The highest BCUT2D eigenvalue weighted by Gasteiger charge is 2.32. The van der Waals surface area contributed by atoms with Gasteiger partial charge in [-0.05, 0) is 31.7 Å². The van der Waals surface area contributed by atoms with Gasteiger partial charge in [0.1, 0.15) is 0 Å². The highest BCUT2D eigenvalue weighted by Crippen LogP contribution is 2.26. The predicted octanol–water partition coefficient (Wildman–Crippen LogP) is 3.11. The number of aryl methyl sites for hydroxylation is 1. The minimum absolute atomic E-state index is 0.137. The zero-order valence-corrected chi connectivity index (χ0v) is 12.6. The SMILES string of the molecule is Cc1cc(C(C)C)nc(NC2(CCl)CCOCC2)n1. The third kappa shape index (κ3) is 3.57. The minimum Gasteiger partial charge on any atom is -0.381 e. The van der Waals surface area contributed by atoms with Gasteiger partial charge in [-0.3, -0.25) is 0 Å². The number of aromatic nitrogens is 2. The zero-order valence-electron chi connectivity index (χ0n) is 11.9. The van der Waals surface area contributed by atoms with Crippen molar-refractivity contribution in [2.75, 3.05) is 24.4 Å². The molecular formula is C14H22ClN3O. The molecule has 1 aromatic rings. The fourth-order valence-electron chi connectivity index (χ4n) is 2.24. The number of hydrogen-bond acceptors (Lipinski definition) is 4. The minimum atomic E-state index is -0.137. The largest absolute Gasteiger partial charge is 0.381 e. The van der Waals surface area contributed by atoms with E-state index in [9.17, 15) is 0 Å². The van der Waals surface area contributed by atoms with Gasteiger partial charge in [0.05, 0.1) is 5.54 Å². The Hall–Kier alpha value is -0.870. The van der Waals surface area contributed by atoms with Crippen LogP contribution in [0, 0.1) is 6.92 Å². The molecular weight excluding hydrogens is 262 g/mol. The predicted molar refractivity (Wildman–Crippen MR) is 78.0 cm³/mol. The normalized spacial score (nSPS) is 18.6. The first-order valence-electron chi connectivity index (χ1n) is 6.82. The van der Waals surface area contributed by atoms with Crippen molar-refractivity contribution in [3.05, 3.63) is 17.5 Å². The van der Waals surface area contributed by atoms with Crippen molar-refractivity contribution >= 4 is 17.5 Å². The molecule has 1 fully saturated rings. The van der Waals surface area contributed by atoms with Crippen molar-refractivity contribution < 1.29 is 4.74 Å².